The molecule has 0 radical (unpaired) electrons. The average Bonchev–Trinajstić information content (AvgIpc) is 3.25. The van der Waals surface area contributed by atoms with Gasteiger partial charge in [-0.15, -0.1) is 0 Å². The summed E-state index contributed by atoms with van der Waals surface area (Å²) in [6, 6.07) is 4.15. The summed E-state index contributed by atoms with van der Waals surface area (Å²) in [5.74, 6) is 0.884. The lowest BCUT2D eigenvalue weighted by Crippen LogP contribution is -2.53. The molecule has 0 amide bonds. The van der Waals surface area contributed by atoms with Crippen LogP contribution in [0.15, 0.2) is 23.2 Å². The first-order chi connectivity index (χ1) is 11.1. The van der Waals surface area contributed by atoms with Crippen molar-refractivity contribution in [3.63, 3.8) is 0 Å². The molecule has 4 nitrogen and oxygen atoms in total. The maximum atomic E-state index is 13.9. The molecule has 1 aromatic rings. The Kier molecular flexibility index (Phi) is 4.68. The van der Waals surface area contributed by atoms with Gasteiger partial charge in [0, 0.05) is 44.8 Å². The normalized spacial score (nSPS) is 24.8. The van der Waals surface area contributed by atoms with Gasteiger partial charge < -0.3 is 15.1 Å². The van der Waals surface area contributed by atoms with Gasteiger partial charge in [-0.25, -0.2) is 8.78 Å². The van der Waals surface area contributed by atoms with Gasteiger partial charge in [-0.1, -0.05) is 6.92 Å². The number of hydrogen-bond donors (Lipinski definition) is 1. The summed E-state index contributed by atoms with van der Waals surface area (Å²) in [5.41, 5.74) is 0.349. The minimum Gasteiger partial charge on any atom is -0.366 e. The largest absolute Gasteiger partial charge is 0.366 e. The van der Waals surface area contributed by atoms with Crippen LogP contribution in [0.3, 0.4) is 0 Å². The van der Waals surface area contributed by atoms with Gasteiger partial charge in [0.15, 0.2) is 5.96 Å². The first kappa shape index (κ1) is 16.0. The van der Waals surface area contributed by atoms with E-state index in [1.165, 1.54) is 18.6 Å². The number of rotatable bonds is 3. The second-order valence-corrected chi connectivity index (χ2v) is 6.33. The molecule has 0 aromatic heterocycles. The third kappa shape index (κ3) is 3.74. The molecule has 2 fully saturated rings. The third-order valence-corrected chi connectivity index (χ3v) is 4.56. The summed E-state index contributed by atoms with van der Waals surface area (Å²) >= 11 is 0. The van der Waals surface area contributed by atoms with Crippen molar-refractivity contribution in [1.29, 1.82) is 0 Å². The van der Waals surface area contributed by atoms with Crippen molar-refractivity contribution in [2.45, 2.75) is 26.3 Å². The predicted octanol–water partition coefficient (Wildman–Crippen LogP) is 2.46. The molecule has 2 atom stereocenters. The number of halogens is 2. The fourth-order valence-corrected chi connectivity index (χ4v) is 2.96. The smallest absolute Gasteiger partial charge is 0.194 e. The molecule has 0 bridgehead atoms. The first-order valence-corrected chi connectivity index (χ1v) is 8.34. The SMILES string of the molecule is CCN=C(NC1CC1C)N1CCN(c2cc(F)ccc2F)CC1. The number of hydrogen-bond acceptors (Lipinski definition) is 2. The van der Waals surface area contributed by atoms with Crippen molar-refractivity contribution in [3.05, 3.63) is 29.8 Å². The molecule has 0 spiro atoms. The molecule has 1 aromatic carbocycles. The number of nitrogens with zero attached hydrogens (tertiary/aromatic N) is 3. The highest BCUT2D eigenvalue weighted by atomic mass is 19.1. The van der Waals surface area contributed by atoms with Crippen molar-refractivity contribution in [2.75, 3.05) is 37.6 Å². The molecule has 1 aliphatic carbocycles. The van der Waals surface area contributed by atoms with Crippen LogP contribution in [0.4, 0.5) is 14.5 Å². The van der Waals surface area contributed by atoms with Crippen LogP contribution in [0.5, 0.6) is 0 Å². The Balaban J connectivity index is 1.62. The maximum Gasteiger partial charge on any atom is 0.194 e. The standard InChI is InChI=1S/C17H24F2N4/c1-3-20-17(21-15-10-12(15)2)23-8-6-22(7-9-23)16-11-13(18)4-5-14(16)19/h4-5,11-12,15H,3,6-10H2,1-2H3,(H,20,21). The summed E-state index contributed by atoms with van der Waals surface area (Å²) < 4.78 is 27.3. The first-order valence-electron chi connectivity index (χ1n) is 8.34. The molecule has 1 saturated heterocycles. The van der Waals surface area contributed by atoms with Crippen molar-refractivity contribution in [1.82, 2.24) is 10.2 Å². The Morgan fingerprint density at radius 1 is 1.26 bits per heavy atom. The molecule has 1 heterocycles. The highest BCUT2D eigenvalue weighted by molar-refractivity contribution is 5.81. The molecule has 1 saturated carbocycles. The topological polar surface area (TPSA) is 30.9 Å². The zero-order valence-corrected chi connectivity index (χ0v) is 13.7. The lowest BCUT2D eigenvalue weighted by molar-refractivity contribution is 0.369. The molecule has 2 unspecified atom stereocenters. The van der Waals surface area contributed by atoms with Gasteiger partial charge in [0.2, 0.25) is 0 Å². The van der Waals surface area contributed by atoms with Gasteiger partial charge in [0.05, 0.1) is 5.69 Å². The molecule has 1 N–H and O–H groups in total. The Labute approximate surface area is 136 Å². The fraction of sp³-hybridized carbons (Fsp3) is 0.588. The van der Waals surface area contributed by atoms with Crippen LogP contribution in [0, 0.1) is 17.6 Å². The van der Waals surface area contributed by atoms with E-state index in [0.29, 0.717) is 30.7 Å². The highest BCUT2D eigenvalue weighted by Gasteiger charge is 2.34. The average molecular weight is 322 g/mol. The second kappa shape index (κ2) is 6.72. The van der Waals surface area contributed by atoms with Crippen molar-refractivity contribution >= 4 is 11.6 Å². The van der Waals surface area contributed by atoms with Crippen molar-refractivity contribution in [3.8, 4) is 0 Å². The van der Waals surface area contributed by atoms with E-state index in [1.54, 1.807) is 0 Å². The van der Waals surface area contributed by atoms with Crippen LogP contribution in [0.25, 0.3) is 0 Å². The van der Waals surface area contributed by atoms with Crippen molar-refractivity contribution < 1.29 is 8.78 Å². The Hall–Kier alpha value is -1.85. The van der Waals surface area contributed by atoms with Gasteiger partial charge in [0.25, 0.3) is 0 Å². The molecular formula is C17H24F2N4. The van der Waals surface area contributed by atoms with Crippen molar-refractivity contribution in [2.24, 2.45) is 10.9 Å². The number of benzene rings is 1. The Morgan fingerprint density at radius 2 is 1.96 bits per heavy atom. The minimum atomic E-state index is -0.401. The van der Waals surface area contributed by atoms with E-state index in [4.69, 9.17) is 0 Å². The van der Waals surface area contributed by atoms with Crippen LogP contribution < -0.4 is 10.2 Å². The van der Waals surface area contributed by atoms with Crippen LogP contribution in [-0.2, 0) is 0 Å². The summed E-state index contributed by atoms with van der Waals surface area (Å²) in [6.45, 7) is 7.81. The molecule has 1 aliphatic heterocycles. The summed E-state index contributed by atoms with van der Waals surface area (Å²) in [6.07, 6.45) is 1.19. The number of anilines is 1. The lowest BCUT2D eigenvalue weighted by atomic mass is 10.2. The van der Waals surface area contributed by atoms with Gasteiger partial charge in [0.1, 0.15) is 11.6 Å². The van der Waals surface area contributed by atoms with E-state index in [9.17, 15) is 8.78 Å². The predicted molar refractivity (Wildman–Crippen MR) is 88.8 cm³/mol. The van der Waals surface area contributed by atoms with Gasteiger partial charge in [-0.2, -0.15) is 0 Å². The lowest BCUT2D eigenvalue weighted by Gasteiger charge is -2.38. The van der Waals surface area contributed by atoms with E-state index < -0.39 is 5.82 Å². The number of guanidine groups is 1. The molecule has 2 aliphatic rings. The molecule has 126 valence electrons. The third-order valence-electron chi connectivity index (χ3n) is 4.56. The van der Waals surface area contributed by atoms with E-state index >= 15 is 0 Å². The Morgan fingerprint density at radius 3 is 2.57 bits per heavy atom. The fourth-order valence-electron chi connectivity index (χ4n) is 2.96. The maximum absolute atomic E-state index is 13.9. The van der Waals surface area contributed by atoms with Crippen LogP contribution in [0.1, 0.15) is 20.3 Å². The zero-order valence-electron chi connectivity index (χ0n) is 13.7. The van der Waals surface area contributed by atoms with Crippen LogP contribution >= 0.6 is 0 Å². The molecule has 6 heteroatoms. The Bertz CT molecular complexity index is 582. The molecule has 23 heavy (non-hydrogen) atoms. The van der Waals surface area contributed by atoms with Gasteiger partial charge >= 0.3 is 0 Å². The minimum absolute atomic E-state index is 0.349. The number of nitrogens with one attached hydrogen (secondary N) is 1. The molecular weight excluding hydrogens is 298 g/mol. The monoisotopic (exact) mass is 322 g/mol. The van der Waals surface area contributed by atoms with Crippen LogP contribution in [0.2, 0.25) is 0 Å². The molecule has 3 rings (SSSR count). The number of aliphatic imine (C=N–C) groups is 1. The van der Waals surface area contributed by atoms with E-state index in [-0.39, 0.29) is 5.82 Å². The zero-order chi connectivity index (χ0) is 16.4. The van der Waals surface area contributed by atoms with Crippen LogP contribution in [-0.4, -0.2) is 49.6 Å². The summed E-state index contributed by atoms with van der Waals surface area (Å²) in [5, 5.41) is 3.51. The van der Waals surface area contributed by atoms with Gasteiger partial charge in [-0.3, -0.25) is 4.99 Å². The summed E-state index contributed by atoms with van der Waals surface area (Å²) in [7, 11) is 0. The highest BCUT2D eigenvalue weighted by Crippen LogP contribution is 2.29. The second-order valence-electron chi connectivity index (χ2n) is 6.33. The van der Waals surface area contributed by atoms with E-state index in [0.717, 1.165) is 31.7 Å². The van der Waals surface area contributed by atoms with E-state index in [1.807, 2.05) is 11.8 Å². The summed E-state index contributed by atoms with van der Waals surface area (Å²) in [4.78, 5) is 8.68. The quantitative estimate of drug-likeness (QED) is 0.685. The van der Waals surface area contributed by atoms with Gasteiger partial charge in [-0.05, 0) is 31.4 Å². The number of piperazine rings is 1. The van der Waals surface area contributed by atoms with E-state index in [2.05, 4.69) is 22.1 Å².